The van der Waals surface area contributed by atoms with Crippen LogP contribution in [0.1, 0.15) is 29.0 Å². The lowest BCUT2D eigenvalue weighted by molar-refractivity contribution is -0.142. The molecule has 0 unspecified atom stereocenters. The topological polar surface area (TPSA) is 53.7 Å². The highest BCUT2D eigenvalue weighted by Crippen LogP contribution is 2.35. The normalized spacial score (nSPS) is 19.7. The molecule has 2 aromatic heterocycles. The average Bonchev–Trinajstić information content (AvgIpc) is 3.36. The summed E-state index contributed by atoms with van der Waals surface area (Å²) in [6.07, 6.45) is -2.61. The monoisotopic (exact) mass is 449 g/mol. The molecule has 162 valence electrons. The molecule has 2 fully saturated rings. The molecular weight excluding hydrogens is 431 g/mol. The third-order valence-electron chi connectivity index (χ3n) is 5.97. The standard InChI is InChI=1S/C21H19ClF3N5O/c22-17-18(20(31)29-10-9-28-8-4-7-14(28)12-29)27-30-16(21(23,24)25)11-15(26-19(17)30)13-5-2-1-3-6-13/h1-3,5-6,11,14H,4,7-10,12H2/t14-/m1/s1. The highest BCUT2D eigenvalue weighted by molar-refractivity contribution is 6.36. The fourth-order valence-electron chi connectivity index (χ4n) is 4.41. The second kappa shape index (κ2) is 7.49. The van der Waals surface area contributed by atoms with Gasteiger partial charge in [0, 0.05) is 31.2 Å². The summed E-state index contributed by atoms with van der Waals surface area (Å²) in [4.78, 5) is 21.4. The minimum absolute atomic E-state index is 0.112. The van der Waals surface area contributed by atoms with Gasteiger partial charge in [0.05, 0.1) is 5.69 Å². The number of carbonyl (C=O) groups is 1. The molecule has 0 aliphatic carbocycles. The molecule has 0 bridgehead atoms. The summed E-state index contributed by atoms with van der Waals surface area (Å²) in [5.74, 6) is -0.462. The molecule has 0 N–H and O–H groups in total. The van der Waals surface area contributed by atoms with E-state index >= 15 is 0 Å². The van der Waals surface area contributed by atoms with E-state index in [9.17, 15) is 18.0 Å². The van der Waals surface area contributed by atoms with Crippen LogP contribution in [0, 0.1) is 0 Å². The van der Waals surface area contributed by atoms with Crippen molar-refractivity contribution in [2.75, 3.05) is 26.2 Å². The van der Waals surface area contributed by atoms with Gasteiger partial charge in [-0.2, -0.15) is 18.3 Å². The van der Waals surface area contributed by atoms with E-state index < -0.39 is 17.8 Å². The van der Waals surface area contributed by atoms with E-state index in [0.717, 1.165) is 32.0 Å². The number of alkyl halides is 3. The third-order valence-corrected chi connectivity index (χ3v) is 6.32. The molecule has 6 nitrogen and oxygen atoms in total. The number of fused-ring (bicyclic) bond motifs is 2. The van der Waals surface area contributed by atoms with Gasteiger partial charge in [-0.05, 0) is 25.5 Å². The highest BCUT2D eigenvalue weighted by atomic mass is 35.5. The van der Waals surface area contributed by atoms with Crippen molar-refractivity contribution in [2.24, 2.45) is 0 Å². The van der Waals surface area contributed by atoms with Crippen molar-refractivity contribution in [3.8, 4) is 11.3 Å². The summed E-state index contributed by atoms with van der Waals surface area (Å²) in [7, 11) is 0. The first kappa shape index (κ1) is 20.3. The minimum Gasteiger partial charge on any atom is -0.334 e. The van der Waals surface area contributed by atoms with Crippen LogP contribution >= 0.6 is 11.6 Å². The molecular formula is C21H19ClF3N5O. The van der Waals surface area contributed by atoms with Crippen LogP contribution in [0.15, 0.2) is 36.4 Å². The summed E-state index contributed by atoms with van der Waals surface area (Å²) in [6, 6.07) is 9.72. The van der Waals surface area contributed by atoms with Crippen LogP contribution in [0.25, 0.3) is 16.9 Å². The Hall–Kier alpha value is -2.65. The lowest BCUT2D eigenvalue weighted by atomic mass is 10.1. The van der Waals surface area contributed by atoms with Crippen LogP contribution in [0.4, 0.5) is 13.2 Å². The van der Waals surface area contributed by atoms with Crippen molar-refractivity contribution in [1.82, 2.24) is 24.4 Å². The maximum Gasteiger partial charge on any atom is 0.433 e. The van der Waals surface area contributed by atoms with Crippen molar-refractivity contribution in [2.45, 2.75) is 25.1 Å². The number of amides is 1. The molecule has 0 spiro atoms. The Labute approximate surface area is 181 Å². The largest absolute Gasteiger partial charge is 0.433 e. The predicted molar refractivity (Wildman–Crippen MR) is 109 cm³/mol. The first-order valence-corrected chi connectivity index (χ1v) is 10.5. The van der Waals surface area contributed by atoms with E-state index in [2.05, 4.69) is 15.0 Å². The van der Waals surface area contributed by atoms with Crippen LogP contribution in [0.2, 0.25) is 5.02 Å². The first-order chi connectivity index (χ1) is 14.8. The molecule has 10 heteroatoms. The number of piperazine rings is 1. The highest BCUT2D eigenvalue weighted by Gasteiger charge is 2.38. The predicted octanol–water partition coefficient (Wildman–Crippen LogP) is 3.99. The van der Waals surface area contributed by atoms with Gasteiger partial charge in [-0.1, -0.05) is 41.9 Å². The minimum atomic E-state index is -4.70. The average molecular weight is 450 g/mol. The number of nitrogens with zero attached hydrogens (tertiary/aromatic N) is 5. The smallest absolute Gasteiger partial charge is 0.334 e. The SMILES string of the molecule is O=C(c1nn2c(C(F)(F)F)cc(-c3ccccc3)nc2c1Cl)N1CCN2CCC[C@@H]2C1. The van der Waals surface area contributed by atoms with Crippen LogP contribution in [0.3, 0.4) is 0 Å². The van der Waals surface area contributed by atoms with Crippen LogP contribution in [-0.4, -0.2) is 62.5 Å². The lowest BCUT2D eigenvalue weighted by Gasteiger charge is -2.37. The fraction of sp³-hybridized carbons (Fsp3) is 0.381. The van der Waals surface area contributed by atoms with Crippen LogP contribution in [0.5, 0.6) is 0 Å². The van der Waals surface area contributed by atoms with Gasteiger partial charge in [-0.15, -0.1) is 0 Å². The van der Waals surface area contributed by atoms with Gasteiger partial charge < -0.3 is 4.90 Å². The molecule has 31 heavy (non-hydrogen) atoms. The number of rotatable bonds is 2. The lowest BCUT2D eigenvalue weighted by Crippen LogP contribution is -2.52. The Kier molecular flexibility index (Phi) is 4.90. The summed E-state index contributed by atoms with van der Waals surface area (Å²) in [5, 5.41) is 3.81. The molecule has 0 radical (unpaired) electrons. The quantitative estimate of drug-likeness (QED) is 0.593. The van der Waals surface area contributed by atoms with Gasteiger partial charge in [-0.25, -0.2) is 9.50 Å². The zero-order valence-electron chi connectivity index (χ0n) is 16.4. The van der Waals surface area contributed by atoms with E-state index in [1.54, 1.807) is 35.2 Å². The number of benzene rings is 1. The number of aromatic nitrogens is 3. The molecule has 3 aromatic rings. The Balaban J connectivity index is 1.59. The molecule has 4 heterocycles. The van der Waals surface area contributed by atoms with E-state index in [1.807, 2.05) is 0 Å². The zero-order valence-corrected chi connectivity index (χ0v) is 17.2. The van der Waals surface area contributed by atoms with Gasteiger partial charge >= 0.3 is 6.18 Å². The molecule has 2 aliphatic rings. The fourth-order valence-corrected chi connectivity index (χ4v) is 4.65. The van der Waals surface area contributed by atoms with E-state index in [1.165, 1.54) is 0 Å². The Morgan fingerprint density at radius 1 is 1.13 bits per heavy atom. The van der Waals surface area contributed by atoms with Crippen molar-refractivity contribution in [3.05, 3.63) is 52.8 Å². The van der Waals surface area contributed by atoms with Crippen molar-refractivity contribution >= 4 is 23.2 Å². The van der Waals surface area contributed by atoms with Gasteiger partial charge in [0.2, 0.25) is 0 Å². The Morgan fingerprint density at radius 3 is 2.65 bits per heavy atom. The molecule has 1 amide bonds. The number of hydrogen-bond acceptors (Lipinski definition) is 4. The zero-order chi connectivity index (χ0) is 21.8. The second-order valence-corrected chi connectivity index (χ2v) is 8.25. The van der Waals surface area contributed by atoms with Crippen molar-refractivity contribution in [3.63, 3.8) is 0 Å². The van der Waals surface area contributed by atoms with Crippen LogP contribution < -0.4 is 0 Å². The van der Waals surface area contributed by atoms with Gasteiger partial charge in [0.1, 0.15) is 5.02 Å². The number of carbonyl (C=O) groups excluding carboxylic acids is 1. The second-order valence-electron chi connectivity index (χ2n) is 7.87. The summed E-state index contributed by atoms with van der Waals surface area (Å²) < 4.78 is 42.1. The molecule has 0 saturated carbocycles. The van der Waals surface area contributed by atoms with Gasteiger partial charge in [0.25, 0.3) is 5.91 Å². The Morgan fingerprint density at radius 2 is 1.90 bits per heavy atom. The molecule has 2 aliphatic heterocycles. The summed E-state index contributed by atoms with van der Waals surface area (Å²) in [5.41, 5.74) is -0.786. The molecule has 5 rings (SSSR count). The number of hydrogen-bond donors (Lipinski definition) is 0. The maximum absolute atomic E-state index is 13.8. The van der Waals surface area contributed by atoms with Crippen molar-refractivity contribution in [1.29, 1.82) is 0 Å². The van der Waals surface area contributed by atoms with Crippen LogP contribution in [-0.2, 0) is 6.18 Å². The summed E-state index contributed by atoms with van der Waals surface area (Å²) >= 11 is 6.39. The van der Waals surface area contributed by atoms with E-state index in [-0.39, 0.29) is 28.1 Å². The first-order valence-electron chi connectivity index (χ1n) is 10.1. The number of halogens is 4. The Bertz CT molecular complexity index is 1150. The van der Waals surface area contributed by atoms with Gasteiger partial charge in [0.15, 0.2) is 17.0 Å². The molecule has 1 atom stereocenters. The van der Waals surface area contributed by atoms with E-state index in [0.29, 0.717) is 23.2 Å². The third kappa shape index (κ3) is 3.55. The summed E-state index contributed by atoms with van der Waals surface area (Å²) in [6.45, 7) is 2.78. The molecule has 2 saturated heterocycles. The van der Waals surface area contributed by atoms with Gasteiger partial charge in [-0.3, -0.25) is 9.69 Å². The van der Waals surface area contributed by atoms with Crippen molar-refractivity contribution < 1.29 is 18.0 Å². The van der Waals surface area contributed by atoms with E-state index in [4.69, 9.17) is 11.6 Å². The molecule has 1 aromatic carbocycles. The maximum atomic E-state index is 13.8.